The maximum absolute atomic E-state index is 10.0. The third kappa shape index (κ3) is 2.71. The molecule has 1 aliphatic heterocycles. The lowest BCUT2D eigenvalue weighted by molar-refractivity contribution is 0.413. The Morgan fingerprint density at radius 3 is 2.81 bits per heavy atom. The Labute approximate surface area is 124 Å². The smallest absolute Gasteiger partial charge is 0.124 e. The number of hydrazine groups is 1. The molecule has 108 valence electrons. The average molecular weight is 282 g/mol. The van der Waals surface area contributed by atoms with Crippen molar-refractivity contribution in [3.05, 3.63) is 65.2 Å². The molecule has 1 aliphatic rings. The number of hydrogen-bond donors (Lipinski definition) is 3. The van der Waals surface area contributed by atoms with Crippen LogP contribution in [0.5, 0.6) is 11.5 Å². The van der Waals surface area contributed by atoms with Gasteiger partial charge >= 0.3 is 0 Å². The van der Waals surface area contributed by atoms with Crippen molar-refractivity contribution in [1.82, 2.24) is 10.9 Å². The van der Waals surface area contributed by atoms with Crippen LogP contribution in [0.3, 0.4) is 0 Å². The van der Waals surface area contributed by atoms with E-state index in [4.69, 9.17) is 4.74 Å². The van der Waals surface area contributed by atoms with Crippen LogP contribution in [-0.4, -0.2) is 12.2 Å². The molecule has 0 radical (unpaired) electrons. The summed E-state index contributed by atoms with van der Waals surface area (Å²) in [5.74, 6) is 1.10. The molecule has 0 spiro atoms. The summed E-state index contributed by atoms with van der Waals surface area (Å²) in [6.07, 6.45) is 2.06. The number of nitrogens with one attached hydrogen (secondary N) is 2. The van der Waals surface area contributed by atoms with Gasteiger partial charge in [-0.2, -0.15) is 0 Å². The second-order valence-electron chi connectivity index (χ2n) is 5.12. The van der Waals surface area contributed by atoms with Crippen molar-refractivity contribution in [2.75, 3.05) is 7.11 Å². The molecule has 0 amide bonds. The molecule has 21 heavy (non-hydrogen) atoms. The maximum atomic E-state index is 10.0. The Morgan fingerprint density at radius 1 is 1.14 bits per heavy atom. The van der Waals surface area contributed by atoms with Gasteiger partial charge in [-0.3, -0.25) is 0 Å². The third-order valence-corrected chi connectivity index (χ3v) is 3.59. The normalized spacial score (nSPS) is 17.2. The van der Waals surface area contributed by atoms with Crippen LogP contribution in [0.4, 0.5) is 0 Å². The van der Waals surface area contributed by atoms with Crippen LogP contribution in [0, 0.1) is 6.92 Å². The largest absolute Gasteiger partial charge is 0.507 e. The number of methoxy groups -OCH3 is 1. The SMILES string of the molecule is COc1cccc([C@@H]2C=C(c3cc(C)ccc3O)NN2)c1. The Morgan fingerprint density at radius 2 is 2.00 bits per heavy atom. The number of aryl methyl sites for hydroxylation is 1. The van der Waals surface area contributed by atoms with E-state index in [1.54, 1.807) is 13.2 Å². The van der Waals surface area contributed by atoms with Gasteiger partial charge in [-0.15, -0.1) is 0 Å². The minimum atomic E-state index is 0.0370. The van der Waals surface area contributed by atoms with Gasteiger partial charge in [0.05, 0.1) is 18.8 Å². The molecule has 3 N–H and O–H groups in total. The molecule has 0 aliphatic carbocycles. The fraction of sp³-hybridized carbons (Fsp3) is 0.176. The zero-order valence-electron chi connectivity index (χ0n) is 12.1. The summed E-state index contributed by atoms with van der Waals surface area (Å²) in [7, 11) is 1.66. The van der Waals surface area contributed by atoms with E-state index in [0.717, 1.165) is 28.1 Å². The highest BCUT2D eigenvalue weighted by Crippen LogP contribution is 2.30. The number of ether oxygens (including phenoxy) is 1. The molecule has 2 aromatic carbocycles. The molecule has 1 atom stereocenters. The summed E-state index contributed by atoms with van der Waals surface area (Å²) in [6, 6.07) is 13.5. The average Bonchev–Trinajstić information content (AvgIpc) is 2.99. The monoisotopic (exact) mass is 282 g/mol. The van der Waals surface area contributed by atoms with Gasteiger partial charge < -0.3 is 15.3 Å². The number of benzene rings is 2. The number of aromatic hydroxyl groups is 1. The second kappa shape index (κ2) is 5.50. The van der Waals surface area contributed by atoms with Crippen LogP contribution in [0.2, 0.25) is 0 Å². The van der Waals surface area contributed by atoms with E-state index in [0.29, 0.717) is 0 Å². The van der Waals surface area contributed by atoms with Gasteiger partial charge in [0.25, 0.3) is 0 Å². The van der Waals surface area contributed by atoms with Gasteiger partial charge in [0.2, 0.25) is 0 Å². The van der Waals surface area contributed by atoms with E-state index < -0.39 is 0 Å². The first-order valence-electron chi connectivity index (χ1n) is 6.84. The lowest BCUT2D eigenvalue weighted by Crippen LogP contribution is -2.26. The van der Waals surface area contributed by atoms with Gasteiger partial charge in [-0.25, -0.2) is 5.43 Å². The predicted molar refractivity (Wildman–Crippen MR) is 82.8 cm³/mol. The highest BCUT2D eigenvalue weighted by Gasteiger charge is 2.19. The lowest BCUT2D eigenvalue weighted by Gasteiger charge is -2.10. The number of phenols is 1. The number of rotatable bonds is 3. The highest BCUT2D eigenvalue weighted by molar-refractivity contribution is 5.71. The molecule has 0 aromatic heterocycles. The van der Waals surface area contributed by atoms with Crippen LogP contribution >= 0.6 is 0 Å². The summed E-state index contributed by atoms with van der Waals surface area (Å²) in [6.45, 7) is 2.01. The molecule has 0 saturated carbocycles. The van der Waals surface area contributed by atoms with E-state index in [9.17, 15) is 5.11 Å². The molecule has 4 nitrogen and oxygen atoms in total. The first-order valence-corrected chi connectivity index (χ1v) is 6.84. The van der Waals surface area contributed by atoms with Crippen LogP contribution < -0.4 is 15.6 Å². The van der Waals surface area contributed by atoms with Crippen molar-refractivity contribution in [2.24, 2.45) is 0 Å². The fourth-order valence-electron chi connectivity index (χ4n) is 2.44. The standard InChI is InChI=1S/C17H18N2O2/c1-11-6-7-17(20)14(8-11)16-10-15(18-19-16)12-4-3-5-13(9-12)21-2/h3-10,15,18-20H,1-2H3/t15-/m0/s1. The van der Waals surface area contributed by atoms with Crippen molar-refractivity contribution in [2.45, 2.75) is 13.0 Å². The molecule has 3 rings (SSSR count). The Balaban J connectivity index is 1.91. The summed E-state index contributed by atoms with van der Waals surface area (Å²) in [4.78, 5) is 0. The van der Waals surface area contributed by atoms with Crippen LogP contribution in [0.15, 0.2) is 48.5 Å². The highest BCUT2D eigenvalue weighted by atomic mass is 16.5. The van der Waals surface area contributed by atoms with Crippen LogP contribution in [0.1, 0.15) is 22.7 Å². The van der Waals surface area contributed by atoms with Crippen LogP contribution in [-0.2, 0) is 0 Å². The van der Waals surface area contributed by atoms with E-state index in [1.165, 1.54) is 0 Å². The van der Waals surface area contributed by atoms with Crippen molar-refractivity contribution >= 4 is 5.70 Å². The third-order valence-electron chi connectivity index (χ3n) is 3.59. The van der Waals surface area contributed by atoms with E-state index in [-0.39, 0.29) is 11.8 Å². The zero-order valence-corrected chi connectivity index (χ0v) is 12.1. The Hall–Kier alpha value is -2.46. The van der Waals surface area contributed by atoms with Crippen molar-refractivity contribution < 1.29 is 9.84 Å². The second-order valence-corrected chi connectivity index (χ2v) is 5.12. The first-order chi connectivity index (χ1) is 10.2. The Bertz CT molecular complexity index is 695. The zero-order chi connectivity index (χ0) is 14.8. The molecular weight excluding hydrogens is 264 g/mol. The summed E-state index contributed by atoms with van der Waals surface area (Å²) in [5.41, 5.74) is 10.2. The van der Waals surface area contributed by atoms with E-state index >= 15 is 0 Å². The molecule has 4 heteroatoms. The fourth-order valence-corrected chi connectivity index (χ4v) is 2.44. The molecule has 0 bridgehead atoms. The summed E-state index contributed by atoms with van der Waals surface area (Å²) < 4.78 is 5.25. The van der Waals surface area contributed by atoms with Gasteiger partial charge in [0, 0.05) is 5.56 Å². The topological polar surface area (TPSA) is 53.5 Å². The van der Waals surface area contributed by atoms with Gasteiger partial charge in [0.15, 0.2) is 0 Å². The number of hydrogen-bond acceptors (Lipinski definition) is 4. The van der Waals surface area contributed by atoms with Crippen molar-refractivity contribution in [1.29, 1.82) is 0 Å². The lowest BCUT2D eigenvalue weighted by atomic mass is 10.0. The minimum Gasteiger partial charge on any atom is -0.507 e. The molecule has 1 heterocycles. The van der Waals surface area contributed by atoms with Gasteiger partial charge in [0.1, 0.15) is 11.5 Å². The summed E-state index contributed by atoms with van der Waals surface area (Å²) >= 11 is 0. The Kier molecular flexibility index (Phi) is 3.54. The molecule has 0 fully saturated rings. The van der Waals surface area contributed by atoms with Crippen molar-refractivity contribution in [3.63, 3.8) is 0 Å². The van der Waals surface area contributed by atoms with Gasteiger partial charge in [-0.05, 0) is 42.8 Å². The van der Waals surface area contributed by atoms with Crippen LogP contribution in [0.25, 0.3) is 5.70 Å². The van der Waals surface area contributed by atoms with E-state index in [1.807, 2.05) is 43.3 Å². The van der Waals surface area contributed by atoms with Gasteiger partial charge in [-0.1, -0.05) is 23.8 Å². The molecule has 0 saturated heterocycles. The van der Waals surface area contributed by atoms with E-state index in [2.05, 4.69) is 16.9 Å². The quantitative estimate of drug-likeness (QED) is 0.810. The molecular formula is C17H18N2O2. The summed E-state index contributed by atoms with van der Waals surface area (Å²) in [5, 5.41) is 10.0. The first kappa shape index (κ1) is 13.5. The number of phenolic OH excluding ortho intramolecular Hbond substituents is 1. The predicted octanol–water partition coefficient (Wildman–Crippen LogP) is 2.90. The van der Waals surface area contributed by atoms with Crippen molar-refractivity contribution in [3.8, 4) is 11.5 Å². The maximum Gasteiger partial charge on any atom is 0.124 e. The molecule has 0 unspecified atom stereocenters. The molecule has 2 aromatic rings. The minimum absolute atomic E-state index is 0.0370.